The van der Waals surface area contributed by atoms with E-state index >= 15 is 0 Å². The lowest BCUT2D eigenvalue weighted by molar-refractivity contribution is 0.552. The van der Waals surface area contributed by atoms with Gasteiger partial charge in [0, 0.05) is 15.5 Å². The normalized spacial score (nSPS) is 12.7. The summed E-state index contributed by atoms with van der Waals surface area (Å²) in [6.45, 7) is 2.87. The van der Waals surface area contributed by atoms with Crippen LogP contribution in [-0.4, -0.2) is 22.0 Å². The monoisotopic (exact) mass is 372 g/mol. The highest BCUT2D eigenvalue weighted by Gasteiger charge is 2.17. The highest BCUT2D eigenvalue weighted by Crippen LogP contribution is 2.27. The van der Waals surface area contributed by atoms with Crippen molar-refractivity contribution in [2.75, 3.05) is 7.05 Å². The first-order chi connectivity index (χ1) is 8.65. The molecule has 96 valence electrons. The summed E-state index contributed by atoms with van der Waals surface area (Å²) in [4.78, 5) is 0. The van der Waals surface area contributed by atoms with E-state index in [0.29, 0.717) is 0 Å². The molecule has 18 heavy (non-hydrogen) atoms. The number of benzene rings is 1. The van der Waals surface area contributed by atoms with Crippen LogP contribution in [0.2, 0.25) is 0 Å². The summed E-state index contributed by atoms with van der Waals surface area (Å²) < 4.78 is 3.99. The van der Waals surface area contributed by atoms with Crippen LogP contribution in [0.5, 0.6) is 0 Å². The number of nitrogens with one attached hydrogen (secondary N) is 1. The number of aryl methyl sites for hydroxylation is 1. The van der Waals surface area contributed by atoms with E-state index < -0.39 is 0 Å². The first kappa shape index (κ1) is 13.7. The van der Waals surface area contributed by atoms with Gasteiger partial charge in [0.1, 0.15) is 0 Å². The van der Waals surface area contributed by atoms with Gasteiger partial charge in [-0.05, 0) is 37.7 Å². The van der Waals surface area contributed by atoms with Gasteiger partial charge >= 0.3 is 0 Å². The van der Waals surface area contributed by atoms with Gasteiger partial charge in [0.25, 0.3) is 0 Å². The minimum absolute atomic E-state index is 0.0775. The molecule has 0 aliphatic heterocycles. The Balaban J connectivity index is 2.45. The van der Waals surface area contributed by atoms with E-state index in [0.717, 1.165) is 26.7 Å². The topological polar surface area (TPSA) is 42.7 Å². The molecule has 0 aliphatic carbocycles. The smallest absolute Gasteiger partial charge is 0.0801 e. The van der Waals surface area contributed by atoms with Crippen molar-refractivity contribution in [3.05, 3.63) is 44.6 Å². The van der Waals surface area contributed by atoms with Crippen molar-refractivity contribution in [3.63, 3.8) is 0 Å². The summed E-state index contributed by atoms with van der Waals surface area (Å²) in [6, 6.07) is 6.29. The Morgan fingerprint density at radius 1 is 1.28 bits per heavy atom. The maximum absolute atomic E-state index is 4.08. The SMILES string of the molecule is CCn1nncc1C(NC)c1cc(Br)cc(Br)c1. The van der Waals surface area contributed by atoms with Gasteiger partial charge in [-0.25, -0.2) is 4.68 Å². The summed E-state index contributed by atoms with van der Waals surface area (Å²) in [5, 5.41) is 11.4. The molecule has 2 rings (SSSR count). The van der Waals surface area contributed by atoms with Crippen molar-refractivity contribution in [1.29, 1.82) is 0 Å². The number of rotatable bonds is 4. The number of hydrogen-bond donors (Lipinski definition) is 1. The first-order valence-electron chi connectivity index (χ1n) is 5.67. The fourth-order valence-corrected chi connectivity index (χ4v) is 3.29. The minimum atomic E-state index is 0.0775. The third-order valence-corrected chi connectivity index (χ3v) is 3.67. The standard InChI is InChI=1S/C12H14Br2N4/c1-3-18-11(7-16-17-18)12(15-2)8-4-9(13)6-10(14)5-8/h4-7,12,15H,3H2,1-2H3. The molecule has 2 aromatic rings. The zero-order chi connectivity index (χ0) is 13.1. The highest BCUT2D eigenvalue weighted by molar-refractivity contribution is 9.11. The second-order valence-corrected chi connectivity index (χ2v) is 5.73. The van der Waals surface area contributed by atoms with Gasteiger partial charge in [-0.15, -0.1) is 5.10 Å². The predicted molar refractivity (Wildman–Crippen MR) is 78.4 cm³/mol. The molecule has 1 aromatic heterocycles. The summed E-state index contributed by atoms with van der Waals surface area (Å²) in [7, 11) is 1.94. The average molecular weight is 374 g/mol. The molecular weight excluding hydrogens is 360 g/mol. The fraction of sp³-hybridized carbons (Fsp3) is 0.333. The van der Waals surface area contributed by atoms with E-state index in [2.05, 4.69) is 66.5 Å². The summed E-state index contributed by atoms with van der Waals surface area (Å²) in [5.41, 5.74) is 2.22. The quantitative estimate of drug-likeness (QED) is 0.895. The molecule has 0 aliphatic rings. The Bertz CT molecular complexity index is 518. The van der Waals surface area contributed by atoms with Crippen molar-refractivity contribution < 1.29 is 0 Å². The summed E-state index contributed by atoms with van der Waals surface area (Å²) in [5.74, 6) is 0. The van der Waals surface area contributed by atoms with Crippen molar-refractivity contribution in [1.82, 2.24) is 20.3 Å². The Hall–Kier alpha value is -0.720. The van der Waals surface area contributed by atoms with Crippen LogP contribution in [0.15, 0.2) is 33.3 Å². The van der Waals surface area contributed by atoms with Crippen molar-refractivity contribution >= 4 is 31.9 Å². The van der Waals surface area contributed by atoms with Gasteiger partial charge in [0.2, 0.25) is 0 Å². The third-order valence-electron chi connectivity index (χ3n) is 2.75. The molecule has 1 atom stereocenters. The summed E-state index contributed by atoms with van der Waals surface area (Å²) >= 11 is 7.03. The Labute approximate surface area is 123 Å². The number of halogens is 2. The second kappa shape index (κ2) is 5.95. The number of hydrogen-bond acceptors (Lipinski definition) is 3. The van der Waals surface area contributed by atoms with E-state index in [9.17, 15) is 0 Å². The van der Waals surface area contributed by atoms with Crippen LogP contribution < -0.4 is 5.32 Å². The first-order valence-corrected chi connectivity index (χ1v) is 7.26. The molecule has 0 saturated heterocycles. The molecule has 6 heteroatoms. The molecule has 1 N–H and O–H groups in total. The van der Waals surface area contributed by atoms with Gasteiger partial charge < -0.3 is 5.32 Å². The molecule has 1 heterocycles. The molecule has 0 radical (unpaired) electrons. The van der Waals surface area contributed by atoms with Crippen molar-refractivity contribution in [3.8, 4) is 0 Å². The highest BCUT2D eigenvalue weighted by atomic mass is 79.9. The predicted octanol–water partition coefficient (Wildman–Crippen LogP) is 3.13. The van der Waals surface area contributed by atoms with Crippen molar-refractivity contribution in [2.24, 2.45) is 0 Å². The number of nitrogens with zero attached hydrogens (tertiary/aromatic N) is 3. The van der Waals surface area contributed by atoms with Crippen LogP contribution in [0.3, 0.4) is 0 Å². The molecule has 0 spiro atoms. The van der Waals surface area contributed by atoms with Crippen LogP contribution in [0.25, 0.3) is 0 Å². The van der Waals surface area contributed by atoms with Crippen LogP contribution in [0, 0.1) is 0 Å². The molecule has 1 aromatic carbocycles. The van der Waals surface area contributed by atoms with Crippen molar-refractivity contribution in [2.45, 2.75) is 19.5 Å². The molecule has 0 saturated carbocycles. The van der Waals surface area contributed by atoms with E-state index in [1.54, 1.807) is 6.20 Å². The molecule has 0 fully saturated rings. The lowest BCUT2D eigenvalue weighted by Gasteiger charge is -2.17. The van der Waals surface area contributed by atoms with Crippen LogP contribution >= 0.6 is 31.9 Å². The lowest BCUT2D eigenvalue weighted by Crippen LogP contribution is -2.21. The Morgan fingerprint density at radius 3 is 2.50 bits per heavy atom. The Kier molecular flexibility index (Phi) is 4.53. The molecular formula is C12H14Br2N4. The van der Waals surface area contributed by atoms with Crippen LogP contribution in [-0.2, 0) is 6.54 Å². The van der Waals surface area contributed by atoms with Gasteiger partial charge in [0.05, 0.1) is 17.9 Å². The zero-order valence-corrected chi connectivity index (χ0v) is 13.4. The fourth-order valence-electron chi connectivity index (χ4n) is 1.96. The lowest BCUT2D eigenvalue weighted by atomic mass is 10.0. The maximum Gasteiger partial charge on any atom is 0.0801 e. The molecule has 4 nitrogen and oxygen atoms in total. The van der Waals surface area contributed by atoms with Gasteiger partial charge in [-0.2, -0.15) is 0 Å². The van der Waals surface area contributed by atoms with E-state index in [1.807, 2.05) is 17.8 Å². The molecule has 0 amide bonds. The molecule has 0 bridgehead atoms. The van der Waals surface area contributed by atoms with Crippen LogP contribution in [0.4, 0.5) is 0 Å². The molecule has 1 unspecified atom stereocenters. The van der Waals surface area contributed by atoms with E-state index in [-0.39, 0.29) is 6.04 Å². The largest absolute Gasteiger partial charge is 0.308 e. The Morgan fingerprint density at radius 2 is 1.94 bits per heavy atom. The van der Waals surface area contributed by atoms with Gasteiger partial charge in [-0.3, -0.25) is 0 Å². The van der Waals surface area contributed by atoms with Gasteiger partial charge in [0.15, 0.2) is 0 Å². The summed E-state index contributed by atoms with van der Waals surface area (Å²) in [6.07, 6.45) is 1.81. The minimum Gasteiger partial charge on any atom is -0.308 e. The van der Waals surface area contributed by atoms with E-state index in [1.165, 1.54) is 0 Å². The maximum atomic E-state index is 4.08. The van der Waals surface area contributed by atoms with Gasteiger partial charge in [-0.1, -0.05) is 37.1 Å². The second-order valence-electron chi connectivity index (χ2n) is 3.90. The number of aromatic nitrogens is 3. The van der Waals surface area contributed by atoms with E-state index in [4.69, 9.17) is 0 Å². The average Bonchev–Trinajstić information content (AvgIpc) is 2.77. The zero-order valence-electron chi connectivity index (χ0n) is 10.2. The van der Waals surface area contributed by atoms with Crippen LogP contribution in [0.1, 0.15) is 24.2 Å². The third kappa shape index (κ3) is 2.81.